The zero-order valence-corrected chi connectivity index (χ0v) is 10.7. The summed E-state index contributed by atoms with van der Waals surface area (Å²) in [6, 6.07) is 4.29. The minimum Gasteiger partial charge on any atom is -0.478 e. The summed E-state index contributed by atoms with van der Waals surface area (Å²) in [7, 11) is 0. The first-order chi connectivity index (χ1) is 9.10. The van der Waals surface area contributed by atoms with E-state index in [0.29, 0.717) is 17.5 Å². The highest BCUT2D eigenvalue weighted by atomic mass is 17.2. The fraction of sp³-hybridized carbons (Fsp3) is 0.286. The summed E-state index contributed by atoms with van der Waals surface area (Å²) in [5.74, 6) is -1.69. The van der Waals surface area contributed by atoms with E-state index in [1.807, 2.05) is 6.92 Å². The number of carboxylic acid groups (broad SMARTS) is 1. The molecule has 0 amide bonds. The van der Waals surface area contributed by atoms with Gasteiger partial charge in [0.25, 0.3) is 0 Å². The maximum absolute atomic E-state index is 11.7. The molecular weight excluding hydrogens is 248 g/mol. The first-order valence-corrected chi connectivity index (χ1v) is 5.95. The lowest BCUT2D eigenvalue weighted by Crippen LogP contribution is -2.09. The molecule has 0 fully saturated rings. The van der Waals surface area contributed by atoms with E-state index < -0.39 is 11.9 Å². The second-order valence-corrected chi connectivity index (χ2v) is 3.91. The Balaban J connectivity index is 3.03. The molecule has 1 aromatic rings. The number of aromatic carboxylic acids is 1. The van der Waals surface area contributed by atoms with Gasteiger partial charge in [-0.2, -0.15) is 0 Å². The quantitative estimate of drug-likeness (QED) is 0.465. The molecule has 0 bridgehead atoms. The van der Waals surface area contributed by atoms with Crippen molar-refractivity contribution in [1.29, 1.82) is 0 Å². The molecule has 0 spiro atoms. The van der Waals surface area contributed by atoms with E-state index in [2.05, 4.69) is 16.4 Å². The number of rotatable bonds is 7. The summed E-state index contributed by atoms with van der Waals surface area (Å²) < 4.78 is 0. The molecule has 0 unspecified atom stereocenters. The van der Waals surface area contributed by atoms with E-state index in [9.17, 15) is 9.59 Å². The molecule has 0 saturated carbocycles. The SMILES string of the molecule is C=COOC(=O)c1ccc(C(=O)O)cc1CCCC. The molecule has 5 nitrogen and oxygen atoms in total. The van der Waals surface area contributed by atoms with Crippen LogP contribution in [0, 0.1) is 0 Å². The lowest BCUT2D eigenvalue weighted by molar-refractivity contribution is -0.190. The first kappa shape index (κ1) is 14.8. The number of carbonyl (C=O) groups excluding carboxylic acids is 1. The summed E-state index contributed by atoms with van der Waals surface area (Å²) in [4.78, 5) is 31.5. The molecule has 0 atom stereocenters. The molecule has 0 radical (unpaired) electrons. The predicted octanol–water partition coefficient (Wildman–Crippen LogP) is 2.96. The molecule has 0 aliphatic heterocycles. The van der Waals surface area contributed by atoms with Gasteiger partial charge in [-0.3, -0.25) is 4.89 Å². The minimum atomic E-state index is -1.03. The summed E-state index contributed by atoms with van der Waals surface area (Å²) in [5, 5.41) is 8.95. The Morgan fingerprint density at radius 2 is 2.16 bits per heavy atom. The Hall–Kier alpha value is -2.30. The third-order valence-electron chi connectivity index (χ3n) is 2.56. The fourth-order valence-corrected chi connectivity index (χ4v) is 1.62. The maximum Gasteiger partial charge on any atom is 0.386 e. The van der Waals surface area contributed by atoms with Crippen LogP contribution < -0.4 is 0 Å². The molecule has 19 heavy (non-hydrogen) atoms. The fourth-order valence-electron chi connectivity index (χ4n) is 1.62. The van der Waals surface area contributed by atoms with Crippen LogP contribution in [0.3, 0.4) is 0 Å². The lowest BCUT2D eigenvalue weighted by atomic mass is 9.99. The molecule has 102 valence electrons. The number of hydrogen-bond donors (Lipinski definition) is 1. The molecule has 0 aliphatic carbocycles. The van der Waals surface area contributed by atoms with Crippen molar-refractivity contribution in [3.63, 3.8) is 0 Å². The highest BCUT2D eigenvalue weighted by molar-refractivity contribution is 5.94. The average Bonchev–Trinajstić information content (AvgIpc) is 2.42. The Morgan fingerprint density at radius 1 is 1.42 bits per heavy atom. The van der Waals surface area contributed by atoms with Crippen LogP contribution in [0.25, 0.3) is 0 Å². The zero-order chi connectivity index (χ0) is 14.3. The first-order valence-electron chi connectivity index (χ1n) is 5.95. The van der Waals surface area contributed by atoms with Gasteiger partial charge in [0.2, 0.25) is 0 Å². The molecule has 0 heterocycles. The number of hydrogen-bond acceptors (Lipinski definition) is 4. The van der Waals surface area contributed by atoms with Crippen LogP contribution in [0.5, 0.6) is 0 Å². The van der Waals surface area contributed by atoms with E-state index in [1.54, 1.807) is 0 Å². The van der Waals surface area contributed by atoms with Gasteiger partial charge < -0.3 is 5.11 Å². The van der Waals surface area contributed by atoms with Crippen LogP contribution in [0.2, 0.25) is 0 Å². The summed E-state index contributed by atoms with van der Waals surface area (Å²) in [6.45, 7) is 5.27. The van der Waals surface area contributed by atoms with Gasteiger partial charge in [0.1, 0.15) is 6.26 Å². The molecule has 5 heteroatoms. The minimum absolute atomic E-state index is 0.146. The zero-order valence-electron chi connectivity index (χ0n) is 10.7. The van der Waals surface area contributed by atoms with Crippen LogP contribution >= 0.6 is 0 Å². The molecule has 1 rings (SSSR count). The van der Waals surface area contributed by atoms with Crippen molar-refractivity contribution < 1.29 is 24.5 Å². The predicted molar refractivity (Wildman–Crippen MR) is 68.7 cm³/mol. The van der Waals surface area contributed by atoms with Crippen LogP contribution in [0.15, 0.2) is 31.0 Å². The second kappa shape index (κ2) is 7.20. The Bertz CT molecular complexity index is 479. The summed E-state index contributed by atoms with van der Waals surface area (Å²) in [5.41, 5.74) is 1.09. The molecular formula is C14H16O5. The topological polar surface area (TPSA) is 72.8 Å². The number of unbranched alkanes of at least 4 members (excludes halogenated alkanes) is 1. The van der Waals surface area contributed by atoms with Gasteiger partial charge in [-0.05, 0) is 36.6 Å². The van der Waals surface area contributed by atoms with E-state index in [1.165, 1.54) is 18.2 Å². The van der Waals surface area contributed by atoms with E-state index in [0.717, 1.165) is 19.1 Å². The largest absolute Gasteiger partial charge is 0.478 e. The van der Waals surface area contributed by atoms with Crippen LogP contribution in [-0.4, -0.2) is 17.0 Å². The average molecular weight is 264 g/mol. The monoisotopic (exact) mass is 264 g/mol. The van der Waals surface area contributed by atoms with E-state index in [4.69, 9.17) is 5.11 Å². The van der Waals surface area contributed by atoms with Crippen LogP contribution in [-0.2, 0) is 16.2 Å². The Morgan fingerprint density at radius 3 is 2.74 bits per heavy atom. The maximum atomic E-state index is 11.7. The number of aryl methyl sites for hydroxylation is 1. The van der Waals surface area contributed by atoms with Crippen molar-refractivity contribution in [2.45, 2.75) is 26.2 Å². The molecule has 0 saturated heterocycles. The molecule has 1 aromatic carbocycles. The molecule has 0 aromatic heterocycles. The van der Waals surface area contributed by atoms with Gasteiger partial charge >= 0.3 is 11.9 Å². The summed E-state index contributed by atoms with van der Waals surface area (Å²) in [6.07, 6.45) is 3.39. The van der Waals surface area contributed by atoms with Crippen LogP contribution in [0.1, 0.15) is 46.0 Å². The van der Waals surface area contributed by atoms with Gasteiger partial charge in [-0.25, -0.2) is 14.5 Å². The van der Waals surface area contributed by atoms with E-state index >= 15 is 0 Å². The van der Waals surface area contributed by atoms with Gasteiger partial charge in [0.05, 0.1) is 11.1 Å². The van der Waals surface area contributed by atoms with Crippen molar-refractivity contribution in [2.75, 3.05) is 0 Å². The van der Waals surface area contributed by atoms with Gasteiger partial charge in [0, 0.05) is 0 Å². The number of carbonyl (C=O) groups is 2. The van der Waals surface area contributed by atoms with Gasteiger partial charge in [0.15, 0.2) is 0 Å². The highest BCUT2D eigenvalue weighted by Gasteiger charge is 2.16. The van der Waals surface area contributed by atoms with Crippen molar-refractivity contribution in [3.8, 4) is 0 Å². The third-order valence-corrected chi connectivity index (χ3v) is 2.56. The van der Waals surface area contributed by atoms with Crippen molar-refractivity contribution in [3.05, 3.63) is 47.7 Å². The van der Waals surface area contributed by atoms with Crippen molar-refractivity contribution in [1.82, 2.24) is 0 Å². The molecule has 1 N–H and O–H groups in total. The van der Waals surface area contributed by atoms with Gasteiger partial charge in [-0.1, -0.05) is 19.9 Å². The standard InChI is InChI=1S/C14H16O5/c1-3-5-6-10-9-11(13(15)16)7-8-12(10)14(17)19-18-4-2/h4,7-9H,2-3,5-6H2,1H3,(H,15,16). The van der Waals surface area contributed by atoms with Crippen molar-refractivity contribution in [2.24, 2.45) is 0 Å². The van der Waals surface area contributed by atoms with Crippen molar-refractivity contribution >= 4 is 11.9 Å². The summed E-state index contributed by atoms with van der Waals surface area (Å²) >= 11 is 0. The molecule has 0 aliphatic rings. The smallest absolute Gasteiger partial charge is 0.386 e. The number of benzene rings is 1. The normalized spacial score (nSPS) is 9.74. The van der Waals surface area contributed by atoms with Crippen LogP contribution in [0.4, 0.5) is 0 Å². The number of carboxylic acids is 1. The van der Waals surface area contributed by atoms with E-state index in [-0.39, 0.29) is 5.56 Å². The lowest BCUT2D eigenvalue weighted by Gasteiger charge is -2.08. The third kappa shape index (κ3) is 4.13. The van der Waals surface area contributed by atoms with Gasteiger partial charge in [-0.15, -0.1) is 0 Å². The second-order valence-electron chi connectivity index (χ2n) is 3.91. The highest BCUT2D eigenvalue weighted by Crippen LogP contribution is 2.16. The Labute approximate surface area is 111 Å². The Kier molecular flexibility index (Phi) is 5.60.